The van der Waals surface area contributed by atoms with Gasteiger partial charge in [-0.3, -0.25) is 14.0 Å². The van der Waals surface area contributed by atoms with Crippen molar-refractivity contribution in [3.05, 3.63) is 74.6 Å². The van der Waals surface area contributed by atoms with Gasteiger partial charge in [-0.15, -0.1) is 16.9 Å². The highest BCUT2D eigenvalue weighted by Crippen LogP contribution is 2.43. The predicted octanol–water partition coefficient (Wildman–Crippen LogP) is 4.36. The SMILES string of the molecule is CCn1cc(-c2c(Cc3cccc4ccccc34)c(Br)c(=O)n3c2SC[C@H]3C(=O)O)nn1. The molecule has 0 saturated heterocycles. The van der Waals surface area contributed by atoms with Crippen LogP contribution in [0.15, 0.2) is 63.0 Å². The Hall–Kier alpha value is -2.91. The number of benzene rings is 2. The van der Waals surface area contributed by atoms with Gasteiger partial charge in [-0.25, -0.2) is 4.79 Å². The molecule has 9 heteroatoms. The van der Waals surface area contributed by atoms with E-state index in [0.29, 0.717) is 33.9 Å². The Morgan fingerprint density at radius 2 is 2.03 bits per heavy atom. The number of pyridine rings is 1. The quantitative estimate of drug-likeness (QED) is 0.428. The summed E-state index contributed by atoms with van der Waals surface area (Å²) in [5.41, 5.74) is 2.93. The Morgan fingerprint density at radius 1 is 1.25 bits per heavy atom. The number of hydrogen-bond acceptors (Lipinski definition) is 5. The normalized spacial score (nSPS) is 15.2. The molecule has 0 radical (unpaired) electrons. The number of carbonyl (C=O) groups is 1. The average Bonchev–Trinajstić information content (AvgIpc) is 3.45. The van der Waals surface area contributed by atoms with Crippen LogP contribution in [-0.4, -0.2) is 36.4 Å². The van der Waals surface area contributed by atoms with Gasteiger partial charge in [-0.2, -0.15) is 0 Å². The monoisotopic (exact) mass is 510 g/mol. The summed E-state index contributed by atoms with van der Waals surface area (Å²) in [6.07, 6.45) is 2.34. The van der Waals surface area contributed by atoms with Gasteiger partial charge in [-0.05, 0) is 44.8 Å². The molecule has 32 heavy (non-hydrogen) atoms. The van der Waals surface area contributed by atoms with Crippen LogP contribution in [0.2, 0.25) is 0 Å². The summed E-state index contributed by atoms with van der Waals surface area (Å²) < 4.78 is 3.47. The van der Waals surface area contributed by atoms with Gasteiger partial charge >= 0.3 is 5.97 Å². The largest absolute Gasteiger partial charge is 0.480 e. The lowest BCUT2D eigenvalue weighted by molar-refractivity contribution is -0.140. The molecular formula is C23H19BrN4O3S. The van der Waals surface area contributed by atoms with Crippen LogP contribution >= 0.6 is 27.7 Å². The van der Waals surface area contributed by atoms with E-state index >= 15 is 0 Å². The van der Waals surface area contributed by atoms with Crippen molar-refractivity contribution in [3.8, 4) is 11.3 Å². The molecule has 1 aliphatic rings. The van der Waals surface area contributed by atoms with E-state index in [4.69, 9.17) is 0 Å². The van der Waals surface area contributed by atoms with E-state index in [1.807, 2.05) is 31.3 Å². The Morgan fingerprint density at radius 3 is 2.78 bits per heavy atom. The lowest BCUT2D eigenvalue weighted by Crippen LogP contribution is -2.30. The number of hydrogen-bond donors (Lipinski definition) is 1. The maximum atomic E-state index is 13.3. The Balaban J connectivity index is 1.78. The number of halogens is 1. The third-order valence-electron chi connectivity index (χ3n) is 5.75. The average molecular weight is 511 g/mol. The van der Waals surface area contributed by atoms with Crippen LogP contribution in [0, 0.1) is 0 Å². The first-order chi connectivity index (χ1) is 15.5. The molecular weight excluding hydrogens is 492 g/mol. The minimum Gasteiger partial charge on any atom is -0.480 e. The van der Waals surface area contributed by atoms with Crippen LogP contribution in [0.25, 0.3) is 22.0 Å². The van der Waals surface area contributed by atoms with Gasteiger partial charge in [0.15, 0.2) is 0 Å². The van der Waals surface area contributed by atoms with Crippen LogP contribution in [0.1, 0.15) is 24.1 Å². The zero-order chi connectivity index (χ0) is 22.4. The van der Waals surface area contributed by atoms with E-state index in [2.05, 4.69) is 50.5 Å². The van der Waals surface area contributed by atoms with E-state index in [1.165, 1.54) is 16.3 Å². The van der Waals surface area contributed by atoms with Crippen molar-refractivity contribution in [1.82, 2.24) is 19.6 Å². The van der Waals surface area contributed by atoms with Gasteiger partial charge in [0.05, 0.1) is 15.7 Å². The highest BCUT2D eigenvalue weighted by atomic mass is 79.9. The molecule has 5 rings (SSSR count). The van der Waals surface area contributed by atoms with Crippen molar-refractivity contribution < 1.29 is 9.90 Å². The van der Waals surface area contributed by atoms with Crippen LogP contribution < -0.4 is 5.56 Å². The Labute approximate surface area is 196 Å². The van der Waals surface area contributed by atoms with E-state index in [-0.39, 0.29) is 5.56 Å². The van der Waals surface area contributed by atoms with Crippen molar-refractivity contribution in [2.45, 2.75) is 31.0 Å². The van der Waals surface area contributed by atoms with Crippen molar-refractivity contribution >= 4 is 44.4 Å². The molecule has 1 N–H and O–H groups in total. The van der Waals surface area contributed by atoms with Crippen molar-refractivity contribution in [1.29, 1.82) is 0 Å². The molecule has 0 amide bonds. The second-order valence-electron chi connectivity index (χ2n) is 7.59. The topological polar surface area (TPSA) is 90.0 Å². The molecule has 7 nitrogen and oxygen atoms in total. The zero-order valence-corrected chi connectivity index (χ0v) is 19.6. The molecule has 3 heterocycles. The number of aromatic nitrogens is 4. The number of carboxylic acids is 1. The smallest absolute Gasteiger partial charge is 0.327 e. The summed E-state index contributed by atoms with van der Waals surface area (Å²) >= 11 is 4.89. The third-order valence-corrected chi connectivity index (χ3v) is 7.72. The van der Waals surface area contributed by atoms with Crippen molar-refractivity contribution in [3.63, 3.8) is 0 Å². The molecule has 0 spiro atoms. The summed E-state index contributed by atoms with van der Waals surface area (Å²) in [7, 11) is 0. The van der Waals surface area contributed by atoms with Gasteiger partial charge in [0, 0.05) is 24.3 Å². The molecule has 0 aliphatic carbocycles. The van der Waals surface area contributed by atoms with E-state index in [0.717, 1.165) is 27.5 Å². The fourth-order valence-electron chi connectivity index (χ4n) is 4.16. The molecule has 4 aromatic rings. The summed E-state index contributed by atoms with van der Waals surface area (Å²) in [4.78, 5) is 25.1. The molecule has 2 aromatic carbocycles. The first kappa shape index (κ1) is 21.0. The Bertz CT molecular complexity index is 1420. The highest BCUT2D eigenvalue weighted by Gasteiger charge is 2.35. The molecule has 0 saturated carbocycles. The summed E-state index contributed by atoms with van der Waals surface area (Å²) in [6, 6.07) is 13.3. The summed E-state index contributed by atoms with van der Waals surface area (Å²) in [6.45, 7) is 2.63. The zero-order valence-electron chi connectivity index (χ0n) is 17.2. The fraction of sp³-hybridized carbons (Fsp3) is 0.217. The lowest BCUT2D eigenvalue weighted by atomic mass is 9.95. The highest BCUT2D eigenvalue weighted by molar-refractivity contribution is 9.10. The minimum atomic E-state index is -1.02. The molecule has 0 unspecified atom stereocenters. The molecule has 2 aromatic heterocycles. The van der Waals surface area contributed by atoms with Crippen LogP contribution in [0.4, 0.5) is 0 Å². The number of fused-ring (bicyclic) bond motifs is 2. The Kier molecular flexibility index (Phi) is 5.38. The molecule has 0 fully saturated rings. The number of rotatable bonds is 5. The van der Waals surface area contributed by atoms with Gasteiger partial charge in [0.25, 0.3) is 5.56 Å². The number of nitrogens with zero attached hydrogens (tertiary/aromatic N) is 4. The number of thioether (sulfide) groups is 1. The van der Waals surface area contributed by atoms with E-state index < -0.39 is 12.0 Å². The predicted molar refractivity (Wildman–Crippen MR) is 127 cm³/mol. The standard InChI is InChI=1S/C23H19BrN4O3S/c1-2-27-11-17(25-26-27)19-16(10-14-8-5-7-13-6-3-4-9-15(13)14)20(24)21(29)28-18(23(30)31)12-32-22(19)28/h3-9,11,18H,2,10,12H2,1H3,(H,30,31)/t18-/m0/s1. The summed E-state index contributed by atoms with van der Waals surface area (Å²) in [5.74, 6) is -0.723. The van der Waals surface area contributed by atoms with Crippen LogP contribution in [0.3, 0.4) is 0 Å². The lowest BCUT2D eigenvalue weighted by Gasteiger charge is -2.18. The van der Waals surface area contributed by atoms with Gasteiger partial charge < -0.3 is 5.11 Å². The van der Waals surface area contributed by atoms with E-state index in [9.17, 15) is 14.7 Å². The number of aliphatic carboxylic acids is 1. The van der Waals surface area contributed by atoms with Crippen LogP contribution in [0.5, 0.6) is 0 Å². The minimum absolute atomic E-state index is 0.295. The second-order valence-corrected chi connectivity index (χ2v) is 9.39. The second kappa shape index (κ2) is 8.22. The molecule has 1 atom stereocenters. The maximum absolute atomic E-state index is 13.3. The van der Waals surface area contributed by atoms with Crippen LogP contribution in [-0.2, 0) is 17.8 Å². The molecule has 162 valence electrons. The number of carboxylic acid groups (broad SMARTS) is 1. The summed E-state index contributed by atoms with van der Waals surface area (Å²) in [5, 5.41) is 21.1. The van der Waals surface area contributed by atoms with E-state index in [1.54, 1.807) is 4.68 Å². The number of aryl methyl sites for hydroxylation is 1. The van der Waals surface area contributed by atoms with Crippen molar-refractivity contribution in [2.75, 3.05) is 5.75 Å². The molecule has 0 bridgehead atoms. The third kappa shape index (κ3) is 3.36. The first-order valence-electron chi connectivity index (χ1n) is 10.2. The van der Waals surface area contributed by atoms with Gasteiger partial charge in [0.2, 0.25) is 0 Å². The van der Waals surface area contributed by atoms with Gasteiger partial charge in [-0.1, -0.05) is 47.7 Å². The molecule has 1 aliphatic heterocycles. The van der Waals surface area contributed by atoms with Crippen molar-refractivity contribution in [2.24, 2.45) is 0 Å². The fourth-order valence-corrected chi connectivity index (χ4v) is 6.02. The maximum Gasteiger partial charge on any atom is 0.327 e. The first-order valence-corrected chi connectivity index (χ1v) is 12.0. The van der Waals surface area contributed by atoms with Gasteiger partial charge in [0.1, 0.15) is 11.7 Å².